The lowest BCUT2D eigenvalue weighted by atomic mass is 10.0. The van der Waals surface area contributed by atoms with Gasteiger partial charge in [-0.25, -0.2) is 0 Å². The number of nitrogens with one attached hydrogen (secondary N) is 1. The summed E-state index contributed by atoms with van der Waals surface area (Å²) < 4.78 is 5.51. The van der Waals surface area contributed by atoms with E-state index in [-0.39, 0.29) is 30.0 Å². The van der Waals surface area contributed by atoms with Gasteiger partial charge >= 0.3 is 0 Å². The topological polar surface area (TPSA) is 75.8 Å². The number of pyridine rings is 1. The molecule has 3 rings (SSSR count). The van der Waals surface area contributed by atoms with E-state index in [0.29, 0.717) is 12.5 Å². The molecule has 0 spiro atoms. The van der Waals surface area contributed by atoms with Gasteiger partial charge in [-0.3, -0.25) is 14.9 Å². The molecule has 1 saturated heterocycles. The van der Waals surface area contributed by atoms with Gasteiger partial charge in [-0.1, -0.05) is 35.9 Å². The Kier molecular flexibility index (Phi) is 9.66. The number of hydrogen-bond donors (Lipinski definition) is 2. The maximum atomic E-state index is 6.09. The van der Waals surface area contributed by atoms with Crippen molar-refractivity contribution in [3.63, 3.8) is 0 Å². The summed E-state index contributed by atoms with van der Waals surface area (Å²) >= 11 is 0. The highest BCUT2D eigenvalue weighted by Gasteiger charge is 2.22. The van der Waals surface area contributed by atoms with Crippen LogP contribution in [0, 0.1) is 6.92 Å². The molecule has 0 aliphatic carbocycles. The van der Waals surface area contributed by atoms with E-state index in [2.05, 4.69) is 51.4 Å². The van der Waals surface area contributed by atoms with Crippen LogP contribution in [0.2, 0.25) is 0 Å². The molecule has 1 aliphatic rings. The molecule has 28 heavy (non-hydrogen) atoms. The first-order valence-corrected chi connectivity index (χ1v) is 9.54. The Bertz CT molecular complexity index is 717. The molecule has 2 heterocycles. The Balaban J connectivity index is 0.00000280. The van der Waals surface area contributed by atoms with E-state index in [4.69, 9.17) is 10.5 Å². The molecule has 0 bridgehead atoms. The number of benzene rings is 1. The quantitative estimate of drug-likeness (QED) is 0.351. The first-order valence-electron chi connectivity index (χ1n) is 9.54. The van der Waals surface area contributed by atoms with Crippen LogP contribution in [-0.2, 0) is 11.2 Å². The number of ether oxygens (including phenoxy) is 1. The minimum atomic E-state index is 0. The molecule has 7 heteroatoms. The molecule has 0 radical (unpaired) electrons. The van der Waals surface area contributed by atoms with Crippen LogP contribution in [-0.4, -0.2) is 55.2 Å². The SMILES string of the molecule is Cc1ccc(C(CN=C(N)NCCc2ccccn2)N2CCOCC2)cc1.I. The maximum Gasteiger partial charge on any atom is 0.188 e. The predicted octanol–water partition coefficient (Wildman–Crippen LogP) is 2.53. The molecule has 152 valence electrons. The minimum Gasteiger partial charge on any atom is -0.379 e. The van der Waals surface area contributed by atoms with Crippen LogP contribution in [0.15, 0.2) is 53.7 Å². The first kappa shape index (κ1) is 22.6. The molecule has 0 saturated carbocycles. The Labute approximate surface area is 184 Å². The molecular formula is C21H30IN5O. The third-order valence-corrected chi connectivity index (χ3v) is 4.80. The monoisotopic (exact) mass is 495 g/mol. The highest BCUT2D eigenvalue weighted by molar-refractivity contribution is 14.0. The normalized spacial score (nSPS) is 16.2. The largest absolute Gasteiger partial charge is 0.379 e. The summed E-state index contributed by atoms with van der Waals surface area (Å²) in [5.74, 6) is 0.483. The number of guanidine groups is 1. The summed E-state index contributed by atoms with van der Waals surface area (Å²) in [5.41, 5.74) is 9.67. The molecule has 1 fully saturated rings. The average Bonchev–Trinajstić information content (AvgIpc) is 2.71. The number of aliphatic imine (C=N–C) groups is 1. The third-order valence-electron chi connectivity index (χ3n) is 4.80. The van der Waals surface area contributed by atoms with Gasteiger partial charge in [0, 0.05) is 37.9 Å². The maximum absolute atomic E-state index is 6.09. The van der Waals surface area contributed by atoms with Crippen LogP contribution in [0.25, 0.3) is 0 Å². The summed E-state index contributed by atoms with van der Waals surface area (Å²) in [6.07, 6.45) is 2.63. The van der Waals surface area contributed by atoms with E-state index in [9.17, 15) is 0 Å². The summed E-state index contributed by atoms with van der Waals surface area (Å²) in [6, 6.07) is 14.8. The number of nitrogens with zero attached hydrogens (tertiary/aromatic N) is 3. The van der Waals surface area contributed by atoms with Gasteiger partial charge < -0.3 is 15.8 Å². The fourth-order valence-electron chi connectivity index (χ4n) is 3.21. The summed E-state index contributed by atoms with van der Waals surface area (Å²) in [6.45, 7) is 6.83. The molecule has 1 atom stereocenters. The van der Waals surface area contributed by atoms with E-state index >= 15 is 0 Å². The van der Waals surface area contributed by atoms with E-state index in [1.54, 1.807) is 6.20 Å². The molecule has 1 aromatic carbocycles. The van der Waals surface area contributed by atoms with E-state index in [1.165, 1.54) is 11.1 Å². The zero-order valence-corrected chi connectivity index (χ0v) is 18.7. The number of rotatable bonds is 7. The van der Waals surface area contributed by atoms with Crippen LogP contribution in [0.3, 0.4) is 0 Å². The number of morpholine rings is 1. The molecule has 2 aromatic rings. The molecule has 6 nitrogen and oxygen atoms in total. The van der Waals surface area contributed by atoms with Gasteiger partial charge in [0.1, 0.15) is 0 Å². The van der Waals surface area contributed by atoms with Crippen molar-refractivity contribution in [2.45, 2.75) is 19.4 Å². The highest BCUT2D eigenvalue weighted by atomic mass is 127. The second kappa shape index (κ2) is 12.0. The smallest absolute Gasteiger partial charge is 0.188 e. The number of aromatic nitrogens is 1. The standard InChI is InChI=1S/C21H29N5O.HI/c1-17-5-7-18(8-6-17)20(26-12-14-27-15-13-26)16-25-21(22)24-11-9-19-4-2-3-10-23-19;/h2-8,10,20H,9,11-16H2,1H3,(H3,22,24,25);1H. The molecule has 1 aliphatic heterocycles. The van der Waals surface area contributed by atoms with Gasteiger partial charge in [0.15, 0.2) is 5.96 Å². The lowest BCUT2D eigenvalue weighted by Crippen LogP contribution is -2.41. The number of aryl methyl sites for hydroxylation is 1. The number of hydrogen-bond acceptors (Lipinski definition) is 4. The molecule has 0 amide bonds. The summed E-state index contributed by atoms with van der Waals surface area (Å²) in [5, 5.41) is 3.19. The van der Waals surface area contributed by atoms with Crippen molar-refractivity contribution >= 4 is 29.9 Å². The second-order valence-electron chi connectivity index (χ2n) is 6.80. The van der Waals surface area contributed by atoms with Gasteiger partial charge in [-0.2, -0.15) is 0 Å². The van der Waals surface area contributed by atoms with Crippen LogP contribution >= 0.6 is 24.0 Å². The van der Waals surface area contributed by atoms with E-state index < -0.39 is 0 Å². The Hall–Kier alpha value is -1.71. The molecular weight excluding hydrogens is 465 g/mol. The third kappa shape index (κ3) is 7.03. The Morgan fingerprint density at radius 3 is 2.64 bits per heavy atom. The summed E-state index contributed by atoms with van der Waals surface area (Å²) in [7, 11) is 0. The van der Waals surface area contributed by atoms with Crippen molar-refractivity contribution in [1.82, 2.24) is 15.2 Å². The molecule has 3 N–H and O–H groups in total. The van der Waals surface area contributed by atoms with Gasteiger partial charge in [0.05, 0.1) is 25.8 Å². The average molecular weight is 495 g/mol. The first-order chi connectivity index (χ1) is 13.2. The van der Waals surface area contributed by atoms with Crippen LogP contribution in [0.5, 0.6) is 0 Å². The van der Waals surface area contributed by atoms with E-state index in [0.717, 1.165) is 45.0 Å². The van der Waals surface area contributed by atoms with Crippen LogP contribution < -0.4 is 11.1 Å². The van der Waals surface area contributed by atoms with Crippen molar-refractivity contribution in [3.8, 4) is 0 Å². The zero-order chi connectivity index (χ0) is 18.9. The minimum absolute atomic E-state index is 0. The molecule has 1 unspecified atom stereocenters. The van der Waals surface area contributed by atoms with Crippen molar-refractivity contribution in [3.05, 3.63) is 65.5 Å². The second-order valence-corrected chi connectivity index (χ2v) is 6.80. The van der Waals surface area contributed by atoms with Gasteiger partial charge in [0.2, 0.25) is 0 Å². The Morgan fingerprint density at radius 2 is 1.96 bits per heavy atom. The van der Waals surface area contributed by atoms with Crippen molar-refractivity contribution < 1.29 is 4.74 Å². The van der Waals surface area contributed by atoms with E-state index in [1.807, 2.05) is 18.2 Å². The number of halogens is 1. The predicted molar refractivity (Wildman–Crippen MR) is 124 cm³/mol. The lowest BCUT2D eigenvalue weighted by molar-refractivity contribution is 0.0180. The summed E-state index contributed by atoms with van der Waals surface area (Å²) in [4.78, 5) is 11.4. The van der Waals surface area contributed by atoms with Crippen molar-refractivity contribution in [2.24, 2.45) is 10.7 Å². The van der Waals surface area contributed by atoms with Crippen molar-refractivity contribution in [2.75, 3.05) is 39.4 Å². The highest BCUT2D eigenvalue weighted by Crippen LogP contribution is 2.22. The number of nitrogens with two attached hydrogens (primary N) is 1. The zero-order valence-electron chi connectivity index (χ0n) is 16.4. The fraction of sp³-hybridized carbons (Fsp3) is 0.429. The molecule has 1 aromatic heterocycles. The van der Waals surface area contributed by atoms with Gasteiger partial charge in [-0.05, 0) is 24.6 Å². The van der Waals surface area contributed by atoms with Crippen molar-refractivity contribution in [1.29, 1.82) is 0 Å². The fourth-order valence-corrected chi connectivity index (χ4v) is 3.21. The lowest BCUT2D eigenvalue weighted by Gasteiger charge is -2.34. The van der Waals surface area contributed by atoms with Gasteiger partial charge in [0.25, 0.3) is 0 Å². The van der Waals surface area contributed by atoms with Gasteiger partial charge in [-0.15, -0.1) is 24.0 Å². The Morgan fingerprint density at radius 1 is 1.21 bits per heavy atom. The van der Waals surface area contributed by atoms with Crippen LogP contribution in [0.1, 0.15) is 22.9 Å². The van der Waals surface area contributed by atoms with Crippen LogP contribution in [0.4, 0.5) is 0 Å².